The lowest BCUT2D eigenvalue weighted by molar-refractivity contribution is -0.175. The first-order chi connectivity index (χ1) is 15.9. The highest BCUT2D eigenvalue weighted by atomic mass is 32.1. The average Bonchev–Trinajstić information content (AvgIpc) is 3.19. The Bertz CT molecular complexity index is 1230. The Hall–Kier alpha value is -2.96. The van der Waals surface area contributed by atoms with Crippen molar-refractivity contribution in [1.29, 1.82) is 0 Å². The summed E-state index contributed by atoms with van der Waals surface area (Å²) in [5.41, 5.74) is 1.91. The number of aromatic nitrogens is 5. The predicted octanol–water partition coefficient (Wildman–Crippen LogP) is 3.89. The number of ether oxygens (including phenoxy) is 2. The smallest absolute Gasteiger partial charge is 0.411 e. The van der Waals surface area contributed by atoms with E-state index in [0.29, 0.717) is 23.0 Å². The molecule has 0 aliphatic heterocycles. The summed E-state index contributed by atoms with van der Waals surface area (Å²) >= 11 is 1.65. The number of nitrogens with zero attached hydrogens (tertiary/aromatic N) is 5. The highest BCUT2D eigenvalue weighted by molar-refractivity contribution is 7.17. The number of hydrogen-bond donors (Lipinski definition) is 1. The minimum Gasteiger partial charge on any atom is -0.491 e. The number of hydrogen-bond acceptors (Lipinski definition) is 7. The van der Waals surface area contributed by atoms with Gasteiger partial charge in [0.2, 0.25) is 0 Å². The third-order valence-electron chi connectivity index (χ3n) is 5.19. The molecule has 1 saturated carbocycles. The van der Waals surface area contributed by atoms with Crippen molar-refractivity contribution >= 4 is 16.2 Å². The Labute approximate surface area is 190 Å². The maximum absolute atomic E-state index is 12.1. The van der Waals surface area contributed by atoms with Crippen molar-refractivity contribution in [3.05, 3.63) is 59.3 Å². The number of thiazole rings is 1. The fourth-order valence-electron chi connectivity index (χ4n) is 3.50. The quantitative estimate of drug-likeness (QED) is 0.367. The summed E-state index contributed by atoms with van der Waals surface area (Å²) in [6, 6.07) is 6.84. The van der Waals surface area contributed by atoms with E-state index in [1.54, 1.807) is 59.0 Å². The van der Waals surface area contributed by atoms with Crippen LogP contribution in [-0.2, 0) is 4.74 Å². The lowest BCUT2D eigenvalue weighted by Gasteiger charge is -2.10. The molecule has 8 nitrogen and oxygen atoms in total. The van der Waals surface area contributed by atoms with Gasteiger partial charge < -0.3 is 14.6 Å². The van der Waals surface area contributed by atoms with E-state index < -0.39 is 18.9 Å². The van der Waals surface area contributed by atoms with Gasteiger partial charge in [-0.05, 0) is 43.0 Å². The van der Waals surface area contributed by atoms with Crippen LogP contribution in [0.15, 0.2) is 43.0 Å². The fraction of sp³-hybridized carbons (Fsp3) is 0.381. The van der Waals surface area contributed by atoms with E-state index in [1.165, 1.54) is 0 Å². The van der Waals surface area contributed by atoms with Crippen molar-refractivity contribution in [3.8, 4) is 11.4 Å². The lowest BCUT2D eigenvalue weighted by Crippen LogP contribution is -2.19. The molecule has 12 heteroatoms. The largest absolute Gasteiger partial charge is 0.491 e. The van der Waals surface area contributed by atoms with Crippen LogP contribution in [0.5, 0.6) is 5.75 Å². The van der Waals surface area contributed by atoms with Crippen molar-refractivity contribution in [1.82, 2.24) is 24.4 Å². The topological polar surface area (TPSA) is 86.7 Å². The fourth-order valence-corrected chi connectivity index (χ4v) is 4.80. The first-order valence-electron chi connectivity index (χ1n) is 10.3. The Morgan fingerprint density at radius 1 is 1.18 bits per heavy atom. The Balaban J connectivity index is 1.25. The average molecular weight is 479 g/mol. The molecule has 174 valence electrons. The van der Waals surface area contributed by atoms with Gasteiger partial charge in [0.15, 0.2) is 0 Å². The molecule has 1 fully saturated rings. The van der Waals surface area contributed by atoms with Gasteiger partial charge >= 0.3 is 6.18 Å². The van der Waals surface area contributed by atoms with Gasteiger partial charge in [0, 0.05) is 4.88 Å². The van der Waals surface area contributed by atoms with Crippen LogP contribution in [0.25, 0.3) is 10.5 Å². The summed E-state index contributed by atoms with van der Waals surface area (Å²) in [6.07, 6.45) is 2.11. The molecule has 5 rings (SSSR count). The SMILES string of the molecule is OC(c1cn(-c2ccc(OCCOCC(F)(F)F)cc2)nn1)c1c(C2CC2)sc2cncn12. The Morgan fingerprint density at radius 3 is 2.70 bits per heavy atom. The summed E-state index contributed by atoms with van der Waals surface area (Å²) in [6.45, 7) is -1.46. The van der Waals surface area contributed by atoms with E-state index in [2.05, 4.69) is 20.0 Å². The summed E-state index contributed by atoms with van der Waals surface area (Å²) in [4.78, 5) is 6.32. The van der Waals surface area contributed by atoms with E-state index >= 15 is 0 Å². The number of benzene rings is 1. The van der Waals surface area contributed by atoms with E-state index in [0.717, 1.165) is 28.2 Å². The molecule has 0 saturated heterocycles. The molecule has 1 aromatic carbocycles. The molecule has 1 N–H and O–H groups in total. The number of aliphatic hydroxyl groups excluding tert-OH is 1. The number of alkyl halides is 3. The van der Waals surface area contributed by atoms with Crippen molar-refractivity contribution in [2.45, 2.75) is 31.0 Å². The second-order valence-corrected chi connectivity index (χ2v) is 8.79. The van der Waals surface area contributed by atoms with Crippen LogP contribution in [0.3, 0.4) is 0 Å². The molecule has 0 amide bonds. The normalized spacial score (nSPS) is 15.3. The number of halogens is 3. The van der Waals surface area contributed by atoms with Gasteiger partial charge in [0.25, 0.3) is 0 Å². The van der Waals surface area contributed by atoms with Gasteiger partial charge in [0.1, 0.15) is 41.9 Å². The predicted molar refractivity (Wildman–Crippen MR) is 113 cm³/mol. The Morgan fingerprint density at radius 2 is 1.97 bits per heavy atom. The molecule has 0 radical (unpaired) electrons. The molecule has 4 aromatic rings. The molecule has 0 spiro atoms. The maximum atomic E-state index is 12.1. The van der Waals surface area contributed by atoms with Crippen LogP contribution < -0.4 is 4.74 Å². The van der Waals surface area contributed by atoms with E-state index in [-0.39, 0.29) is 13.2 Å². The first kappa shape index (κ1) is 21.9. The van der Waals surface area contributed by atoms with Crippen LogP contribution >= 0.6 is 11.3 Å². The number of rotatable bonds is 9. The van der Waals surface area contributed by atoms with Crippen LogP contribution in [0.1, 0.15) is 41.1 Å². The molecule has 33 heavy (non-hydrogen) atoms. The third kappa shape index (κ3) is 4.87. The van der Waals surface area contributed by atoms with Crippen molar-refractivity contribution in [3.63, 3.8) is 0 Å². The molecule has 1 aliphatic rings. The highest BCUT2D eigenvalue weighted by Crippen LogP contribution is 2.47. The maximum Gasteiger partial charge on any atom is 0.411 e. The van der Waals surface area contributed by atoms with Crippen LogP contribution in [0.2, 0.25) is 0 Å². The molecule has 1 aliphatic carbocycles. The van der Waals surface area contributed by atoms with E-state index in [4.69, 9.17) is 4.74 Å². The molecular weight excluding hydrogens is 459 g/mol. The Kier molecular flexibility index (Phi) is 5.81. The summed E-state index contributed by atoms with van der Waals surface area (Å²) < 4.78 is 49.5. The zero-order valence-corrected chi connectivity index (χ0v) is 18.1. The number of imidazole rings is 1. The van der Waals surface area contributed by atoms with Crippen molar-refractivity contribution in [2.24, 2.45) is 0 Å². The second kappa shape index (κ2) is 8.76. The minimum absolute atomic E-state index is 0.00177. The van der Waals surface area contributed by atoms with Gasteiger partial charge in [-0.1, -0.05) is 5.21 Å². The molecule has 0 bridgehead atoms. The molecular formula is C21H20F3N5O3S. The summed E-state index contributed by atoms with van der Waals surface area (Å²) in [7, 11) is 0. The number of aliphatic hydroxyl groups is 1. The van der Waals surface area contributed by atoms with Gasteiger partial charge in [-0.15, -0.1) is 16.4 Å². The molecule has 1 atom stereocenters. The van der Waals surface area contributed by atoms with Gasteiger partial charge in [-0.3, -0.25) is 4.40 Å². The van der Waals surface area contributed by atoms with Crippen LogP contribution in [0.4, 0.5) is 13.2 Å². The van der Waals surface area contributed by atoms with Crippen LogP contribution in [-0.4, -0.2) is 55.5 Å². The van der Waals surface area contributed by atoms with Crippen LogP contribution in [0, 0.1) is 0 Å². The second-order valence-electron chi connectivity index (χ2n) is 7.73. The molecule has 1 unspecified atom stereocenters. The van der Waals surface area contributed by atoms with E-state index in [1.807, 2.05) is 4.40 Å². The van der Waals surface area contributed by atoms with Crippen molar-refractivity contribution < 1.29 is 27.8 Å². The van der Waals surface area contributed by atoms with Gasteiger partial charge in [-0.25, -0.2) is 9.67 Å². The summed E-state index contributed by atoms with van der Waals surface area (Å²) in [5.74, 6) is 0.964. The van der Waals surface area contributed by atoms with Crippen molar-refractivity contribution in [2.75, 3.05) is 19.8 Å². The summed E-state index contributed by atoms with van der Waals surface area (Å²) in [5, 5.41) is 19.4. The molecule has 3 heterocycles. The first-order valence-corrected chi connectivity index (χ1v) is 11.1. The van der Waals surface area contributed by atoms with Gasteiger partial charge in [0.05, 0.1) is 30.4 Å². The van der Waals surface area contributed by atoms with Gasteiger partial charge in [-0.2, -0.15) is 13.2 Å². The minimum atomic E-state index is -4.35. The zero-order valence-electron chi connectivity index (χ0n) is 17.3. The monoisotopic (exact) mass is 479 g/mol. The van der Waals surface area contributed by atoms with E-state index in [9.17, 15) is 18.3 Å². The third-order valence-corrected chi connectivity index (χ3v) is 6.47. The zero-order chi connectivity index (χ0) is 23.0. The highest BCUT2D eigenvalue weighted by Gasteiger charge is 2.33. The lowest BCUT2D eigenvalue weighted by atomic mass is 10.1. The molecule has 3 aromatic heterocycles. The standard InChI is InChI=1S/C21H20F3N5O3S/c22-21(23,24)11-31-7-8-32-15-5-3-14(4-6-15)29-10-16(26-27-29)19(30)18-20(13-1-2-13)33-17-9-25-12-28(17)18/h3-6,9-10,12-13,19,30H,1-2,7-8,11H2. The number of fused-ring (bicyclic) bond motifs is 1.